The zero-order chi connectivity index (χ0) is 30.1. The van der Waals surface area contributed by atoms with Crippen molar-refractivity contribution in [2.24, 2.45) is 11.0 Å². The second-order valence-electron chi connectivity index (χ2n) is 9.60. The number of hydrogen-bond donors (Lipinski definition) is 7. The Morgan fingerprint density at radius 2 is 1.90 bits per heavy atom. The smallest absolute Gasteiger partial charge is 0.326 e. The second-order valence-corrected chi connectivity index (χ2v) is 9.60. The maximum atomic E-state index is 12.6. The molecule has 2 heterocycles. The molecule has 220 valence electrons. The zero-order valence-corrected chi connectivity index (χ0v) is 22.4. The summed E-state index contributed by atoms with van der Waals surface area (Å²) in [4.78, 5) is 74.8. The predicted molar refractivity (Wildman–Crippen MR) is 151 cm³/mol. The van der Waals surface area contributed by atoms with Gasteiger partial charge in [-0.2, -0.15) is 10.1 Å². The van der Waals surface area contributed by atoms with Gasteiger partial charge in [-0.25, -0.2) is 20.2 Å². The minimum absolute atomic E-state index is 0.0515. The number of amides is 3. The molecule has 1 aromatic carbocycles. The number of carbonyl (C=O) groups is 4. The molecule has 3 aromatic rings. The Bertz CT molecular complexity index is 1550. The molecular formula is C26H30N10O6. The molecule has 1 aliphatic carbocycles. The predicted octanol–water partition coefficient (Wildman–Crippen LogP) is -0.111. The number of benzene rings is 1. The summed E-state index contributed by atoms with van der Waals surface area (Å²) in [6.07, 6.45) is 5.97. The fourth-order valence-corrected chi connectivity index (χ4v) is 3.87. The molecule has 0 aliphatic heterocycles. The van der Waals surface area contributed by atoms with Crippen molar-refractivity contribution in [1.82, 2.24) is 36.0 Å². The van der Waals surface area contributed by atoms with Crippen LogP contribution in [0.1, 0.15) is 48.2 Å². The molecule has 16 nitrogen and oxygen atoms in total. The topological polar surface area (TPSA) is 247 Å². The van der Waals surface area contributed by atoms with Gasteiger partial charge in [0.1, 0.15) is 6.04 Å². The molecule has 1 fully saturated rings. The van der Waals surface area contributed by atoms with E-state index in [4.69, 9.17) is 5.73 Å². The van der Waals surface area contributed by atoms with Crippen molar-refractivity contribution in [2.75, 3.05) is 17.6 Å². The van der Waals surface area contributed by atoms with Gasteiger partial charge in [0.05, 0.1) is 25.0 Å². The second kappa shape index (κ2) is 13.8. The highest BCUT2D eigenvalue weighted by Crippen LogP contribution is 2.23. The van der Waals surface area contributed by atoms with Crippen molar-refractivity contribution >= 4 is 52.7 Å². The first kappa shape index (κ1) is 29.6. The van der Waals surface area contributed by atoms with Gasteiger partial charge in [-0.1, -0.05) is 6.42 Å². The summed E-state index contributed by atoms with van der Waals surface area (Å²) < 4.78 is 0. The van der Waals surface area contributed by atoms with Crippen LogP contribution in [0, 0.1) is 5.92 Å². The van der Waals surface area contributed by atoms with Crippen molar-refractivity contribution in [2.45, 2.75) is 44.7 Å². The van der Waals surface area contributed by atoms with Crippen LogP contribution in [0.25, 0.3) is 11.2 Å². The Balaban J connectivity index is 1.22. The molecule has 1 aliphatic rings. The van der Waals surface area contributed by atoms with Crippen LogP contribution in [0.5, 0.6) is 0 Å². The number of aromatic amines is 1. The lowest BCUT2D eigenvalue weighted by atomic mass is 9.87. The van der Waals surface area contributed by atoms with Gasteiger partial charge in [-0.15, -0.1) is 0 Å². The monoisotopic (exact) mass is 578 g/mol. The van der Waals surface area contributed by atoms with Crippen LogP contribution >= 0.6 is 0 Å². The fraction of sp³-hybridized carbons (Fsp3) is 0.346. The number of carbonyl (C=O) groups excluding carboxylic acids is 3. The summed E-state index contributed by atoms with van der Waals surface area (Å²) in [7, 11) is 0. The number of rotatable bonds is 13. The number of hydrazone groups is 1. The standard InChI is InChI=1S/C26H30N10O6/c27-26-34-22-21(24(40)35-26)32-17(12-30-22)11-28-16-6-4-15(5-7-16)23(39)33-18(25(41)42)8-9-19(37)29-13-20(38)36-31-10-14-2-1-3-14/h4-7,10,12,14,18,28H,1-3,8-9,11,13H2,(H,29,37)(H,33,39)(H,36,38)(H,41,42)(H3,27,30,34,35,40)/b31-10-. The molecule has 1 saturated carbocycles. The Labute approximate surface area is 238 Å². The Morgan fingerprint density at radius 3 is 2.60 bits per heavy atom. The van der Waals surface area contributed by atoms with E-state index >= 15 is 0 Å². The third kappa shape index (κ3) is 8.30. The highest BCUT2D eigenvalue weighted by atomic mass is 16.4. The number of aromatic nitrogens is 4. The summed E-state index contributed by atoms with van der Waals surface area (Å²) >= 11 is 0. The summed E-state index contributed by atoms with van der Waals surface area (Å²) in [5.41, 5.74) is 8.81. The minimum Gasteiger partial charge on any atom is -0.480 e. The number of carboxylic acid groups (broad SMARTS) is 1. The molecule has 2 aromatic heterocycles. The van der Waals surface area contributed by atoms with Crippen LogP contribution in [0.4, 0.5) is 11.6 Å². The fourth-order valence-electron chi connectivity index (χ4n) is 3.87. The number of hydrogen-bond acceptors (Lipinski definition) is 11. The highest BCUT2D eigenvalue weighted by Gasteiger charge is 2.22. The molecule has 8 N–H and O–H groups in total. The van der Waals surface area contributed by atoms with Gasteiger partial charge in [0.2, 0.25) is 11.9 Å². The van der Waals surface area contributed by atoms with Crippen LogP contribution in [-0.4, -0.2) is 67.5 Å². The van der Waals surface area contributed by atoms with E-state index in [-0.39, 0.29) is 48.6 Å². The van der Waals surface area contributed by atoms with Crippen LogP contribution in [0.15, 0.2) is 40.4 Å². The largest absolute Gasteiger partial charge is 0.480 e. The van der Waals surface area contributed by atoms with E-state index < -0.39 is 35.3 Å². The lowest BCUT2D eigenvalue weighted by molar-refractivity contribution is -0.139. The molecule has 1 unspecified atom stereocenters. The number of aliphatic carboxylic acids is 1. The van der Waals surface area contributed by atoms with Gasteiger partial charge < -0.3 is 26.8 Å². The Morgan fingerprint density at radius 1 is 1.14 bits per heavy atom. The quantitative estimate of drug-likeness (QED) is 0.104. The lowest BCUT2D eigenvalue weighted by Gasteiger charge is -2.20. The maximum Gasteiger partial charge on any atom is 0.326 e. The van der Waals surface area contributed by atoms with Gasteiger partial charge >= 0.3 is 5.97 Å². The first-order valence-electron chi connectivity index (χ1n) is 13.2. The number of anilines is 2. The molecule has 3 amide bonds. The van der Waals surface area contributed by atoms with Gasteiger partial charge in [0.25, 0.3) is 17.4 Å². The van der Waals surface area contributed by atoms with E-state index in [0.29, 0.717) is 17.3 Å². The maximum absolute atomic E-state index is 12.6. The number of nitrogens with one attached hydrogen (secondary N) is 5. The van der Waals surface area contributed by atoms with E-state index in [1.165, 1.54) is 18.3 Å². The Hall–Kier alpha value is -5.41. The van der Waals surface area contributed by atoms with Crippen LogP contribution in [0.2, 0.25) is 0 Å². The molecule has 0 bridgehead atoms. The van der Waals surface area contributed by atoms with E-state index in [2.05, 4.69) is 46.4 Å². The summed E-state index contributed by atoms with van der Waals surface area (Å²) in [5, 5.41) is 21.2. The lowest BCUT2D eigenvalue weighted by Crippen LogP contribution is -2.42. The van der Waals surface area contributed by atoms with Crippen molar-refractivity contribution in [3.8, 4) is 0 Å². The average molecular weight is 579 g/mol. The number of H-pyrrole nitrogens is 1. The van der Waals surface area contributed by atoms with Gasteiger partial charge in [-0.3, -0.25) is 24.2 Å². The Kier molecular flexibility index (Phi) is 9.70. The van der Waals surface area contributed by atoms with Crippen molar-refractivity contribution in [3.63, 3.8) is 0 Å². The molecule has 4 rings (SSSR count). The average Bonchev–Trinajstić information content (AvgIpc) is 2.94. The van der Waals surface area contributed by atoms with Crippen molar-refractivity contribution in [1.29, 1.82) is 0 Å². The first-order valence-corrected chi connectivity index (χ1v) is 13.2. The molecule has 1 atom stereocenters. The molecule has 0 saturated heterocycles. The minimum atomic E-state index is -1.32. The number of nitrogens with two attached hydrogens (primary N) is 1. The van der Waals surface area contributed by atoms with Crippen LogP contribution < -0.4 is 32.7 Å². The normalized spacial score (nSPS) is 13.7. The first-order chi connectivity index (χ1) is 20.2. The SMILES string of the molecule is Nc1nc2ncc(CNc3ccc(C(=O)NC(CCC(=O)NCC(=O)N/N=C\C4CCC4)C(=O)O)cc3)nc2c(=O)[nH]1. The third-order valence-corrected chi connectivity index (χ3v) is 6.44. The highest BCUT2D eigenvalue weighted by molar-refractivity contribution is 5.97. The summed E-state index contributed by atoms with van der Waals surface area (Å²) in [6, 6.07) is 4.91. The number of carboxylic acids is 1. The van der Waals surface area contributed by atoms with Crippen LogP contribution in [0.3, 0.4) is 0 Å². The van der Waals surface area contributed by atoms with Gasteiger partial charge in [0.15, 0.2) is 11.2 Å². The van der Waals surface area contributed by atoms with E-state index in [1.54, 1.807) is 18.3 Å². The van der Waals surface area contributed by atoms with E-state index in [1.807, 2.05) is 0 Å². The molecular weight excluding hydrogens is 548 g/mol. The van der Waals surface area contributed by atoms with E-state index in [0.717, 1.165) is 19.3 Å². The molecule has 42 heavy (non-hydrogen) atoms. The molecule has 0 radical (unpaired) electrons. The van der Waals surface area contributed by atoms with Crippen molar-refractivity contribution in [3.05, 3.63) is 52.1 Å². The molecule has 0 spiro atoms. The van der Waals surface area contributed by atoms with Crippen LogP contribution in [-0.2, 0) is 20.9 Å². The number of nitrogens with zero attached hydrogens (tertiary/aromatic N) is 4. The van der Waals surface area contributed by atoms with Gasteiger partial charge in [0, 0.05) is 23.9 Å². The zero-order valence-electron chi connectivity index (χ0n) is 22.4. The number of nitrogen functional groups attached to an aromatic ring is 1. The summed E-state index contributed by atoms with van der Waals surface area (Å²) in [6.45, 7) is -0.0832. The molecule has 16 heteroatoms. The summed E-state index contributed by atoms with van der Waals surface area (Å²) in [5.74, 6) is -2.65. The van der Waals surface area contributed by atoms with Crippen molar-refractivity contribution < 1.29 is 24.3 Å². The van der Waals surface area contributed by atoms with E-state index in [9.17, 15) is 29.1 Å². The number of fused-ring (bicyclic) bond motifs is 1. The third-order valence-electron chi connectivity index (χ3n) is 6.44. The van der Waals surface area contributed by atoms with Gasteiger partial charge in [-0.05, 0) is 49.4 Å².